The fourth-order valence-electron chi connectivity index (χ4n) is 3.00. The van der Waals surface area contributed by atoms with Crippen molar-refractivity contribution in [2.24, 2.45) is 5.11 Å². The van der Waals surface area contributed by atoms with Crippen LogP contribution in [0.5, 0.6) is 0 Å². The Bertz CT molecular complexity index is 890. The van der Waals surface area contributed by atoms with Gasteiger partial charge in [0.1, 0.15) is 0 Å². The number of amides is 1. The minimum absolute atomic E-state index is 0.0283. The summed E-state index contributed by atoms with van der Waals surface area (Å²) in [5, 5.41) is 14.6. The van der Waals surface area contributed by atoms with Gasteiger partial charge in [-0.25, -0.2) is 0 Å². The summed E-state index contributed by atoms with van der Waals surface area (Å²) >= 11 is 0. The summed E-state index contributed by atoms with van der Waals surface area (Å²) < 4.78 is 0. The van der Waals surface area contributed by atoms with Crippen LogP contribution in [-0.4, -0.2) is 17.4 Å². The van der Waals surface area contributed by atoms with Crippen molar-refractivity contribution < 1.29 is 9.72 Å². The molecule has 2 aromatic carbocycles. The van der Waals surface area contributed by atoms with E-state index in [4.69, 9.17) is 5.53 Å². The number of aryl methyl sites for hydroxylation is 2. The molecule has 0 saturated carbocycles. The lowest BCUT2D eigenvalue weighted by atomic mass is 10.0. The first-order chi connectivity index (χ1) is 12.1. The smallest absolute Gasteiger partial charge is 0.271 e. The quantitative estimate of drug-likeness (QED) is 0.275. The van der Waals surface area contributed by atoms with Crippen molar-refractivity contribution in [3.8, 4) is 0 Å². The Balaban J connectivity index is 2.12. The number of para-hydroxylation sites is 1. The van der Waals surface area contributed by atoms with Crippen molar-refractivity contribution in [3.63, 3.8) is 0 Å². The summed E-state index contributed by atoms with van der Waals surface area (Å²) in [4.78, 5) is 27.7. The topological polar surface area (TPSA) is 112 Å². The predicted molar refractivity (Wildman–Crippen MR) is 92.7 cm³/mol. The predicted octanol–water partition coefficient (Wildman–Crippen LogP) is 4.06. The van der Waals surface area contributed by atoms with Crippen LogP contribution in [-0.2, 0) is 17.6 Å². The number of nitro benzene ring substituents is 1. The molecule has 2 aromatic rings. The largest absolute Gasteiger partial charge is 0.280 e. The minimum Gasteiger partial charge on any atom is -0.280 e. The molecule has 0 atom stereocenters. The Hall–Kier alpha value is -3.38. The maximum atomic E-state index is 12.8. The molecular weight excluding hydrogens is 322 g/mol. The highest BCUT2D eigenvalue weighted by atomic mass is 16.6. The normalized spacial score (nSPS) is 12.4. The molecule has 0 aromatic heterocycles. The zero-order valence-corrected chi connectivity index (χ0v) is 13.3. The number of nitrogens with zero attached hydrogens (tertiary/aromatic N) is 5. The van der Waals surface area contributed by atoms with E-state index in [0.717, 1.165) is 17.5 Å². The number of azide groups is 1. The van der Waals surface area contributed by atoms with Crippen molar-refractivity contribution in [1.82, 2.24) is 0 Å². The Morgan fingerprint density at radius 2 is 1.92 bits per heavy atom. The number of hydrogen-bond donors (Lipinski definition) is 0. The Morgan fingerprint density at radius 1 is 1.20 bits per heavy atom. The Morgan fingerprint density at radius 3 is 2.64 bits per heavy atom. The van der Waals surface area contributed by atoms with Gasteiger partial charge in [0.05, 0.1) is 16.3 Å². The van der Waals surface area contributed by atoms with Crippen LogP contribution >= 0.6 is 0 Å². The number of non-ortho nitro benzene ring substituents is 1. The molecule has 8 heteroatoms. The van der Waals surface area contributed by atoms with Crippen molar-refractivity contribution in [1.29, 1.82) is 0 Å². The van der Waals surface area contributed by atoms with Crippen LogP contribution in [0.15, 0.2) is 47.6 Å². The van der Waals surface area contributed by atoms with E-state index >= 15 is 0 Å². The molecule has 3 rings (SSSR count). The third-order valence-corrected chi connectivity index (χ3v) is 4.16. The molecule has 0 unspecified atom stereocenters. The summed E-state index contributed by atoms with van der Waals surface area (Å²) in [7, 11) is 0. The molecule has 126 valence electrons. The van der Waals surface area contributed by atoms with Crippen LogP contribution in [0.25, 0.3) is 10.4 Å². The fraction of sp³-hybridized carbons (Fsp3) is 0.235. The second kappa shape index (κ2) is 7.02. The van der Waals surface area contributed by atoms with Crippen LogP contribution in [0.2, 0.25) is 0 Å². The molecule has 0 N–H and O–H groups in total. The second-order valence-electron chi connectivity index (χ2n) is 5.63. The first-order valence-corrected chi connectivity index (χ1v) is 7.81. The van der Waals surface area contributed by atoms with Gasteiger partial charge in [-0.1, -0.05) is 29.4 Å². The van der Waals surface area contributed by atoms with Crippen LogP contribution < -0.4 is 4.90 Å². The fourth-order valence-corrected chi connectivity index (χ4v) is 3.00. The van der Waals surface area contributed by atoms with Gasteiger partial charge in [-0.2, -0.15) is 0 Å². The zero-order chi connectivity index (χ0) is 17.8. The molecule has 0 saturated heterocycles. The SMILES string of the molecule is [N-]=[N+]=NCCC(=O)N1c2ccccc2CCc2ccc([N+](=O)[O-])cc21. The number of benzene rings is 2. The van der Waals surface area contributed by atoms with Crippen molar-refractivity contribution in [2.45, 2.75) is 19.3 Å². The molecule has 0 radical (unpaired) electrons. The van der Waals surface area contributed by atoms with Gasteiger partial charge < -0.3 is 0 Å². The van der Waals surface area contributed by atoms with Gasteiger partial charge >= 0.3 is 0 Å². The Kier molecular flexibility index (Phi) is 4.63. The van der Waals surface area contributed by atoms with Crippen LogP contribution in [0.3, 0.4) is 0 Å². The van der Waals surface area contributed by atoms with E-state index in [1.807, 2.05) is 24.3 Å². The third-order valence-electron chi connectivity index (χ3n) is 4.16. The lowest BCUT2D eigenvalue weighted by Gasteiger charge is -2.24. The lowest BCUT2D eigenvalue weighted by Crippen LogP contribution is -2.27. The highest BCUT2D eigenvalue weighted by Gasteiger charge is 2.27. The van der Waals surface area contributed by atoms with E-state index in [2.05, 4.69) is 10.0 Å². The average molecular weight is 337 g/mol. The van der Waals surface area contributed by atoms with Crippen molar-refractivity contribution in [3.05, 3.63) is 74.1 Å². The summed E-state index contributed by atoms with van der Waals surface area (Å²) in [5.74, 6) is -0.261. The van der Waals surface area contributed by atoms with E-state index < -0.39 is 4.92 Å². The van der Waals surface area contributed by atoms with Gasteiger partial charge in [0.15, 0.2) is 0 Å². The summed E-state index contributed by atoms with van der Waals surface area (Å²) in [5.41, 5.74) is 11.4. The van der Waals surface area contributed by atoms with Crippen LogP contribution in [0.1, 0.15) is 17.5 Å². The lowest BCUT2D eigenvalue weighted by molar-refractivity contribution is -0.384. The number of carbonyl (C=O) groups excluding carboxylic acids is 1. The number of rotatable bonds is 4. The molecule has 1 heterocycles. The number of anilines is 2. The molecule has 1 aliphatic heterocycles. The molecular formula is C17H15N5O3. The zero-order valence-electron chi connectivity index (χ0n) is 13.3. The molecule has 1 aliphatic rings. The van der Waals surface area contributed by atoms with Crippen LogP contribution in [0, 0.1) is 10.1 Å². The third kappa shape index (κ3) is 3.29. The van der Waals surface area contributed by atoms with Gasteiger partial charge in [0.2, 0.25) is 5.91 Å². The summed E-state index contributed by atoms with van der Waals surface area (Å²) in [6, 6.07) is 12.1. The molecule has 0 aliphatic carbocycles. The highest BCUT2D eigenvalue weighted by Crippen LogP contribution is 2.38. The van der Waals surface area contributed by atoms with E-state index in [-0.39, 0.29) is 24.6 Å². The molecule has 0 bridgehead atoms. The van der Waals surface area contributed by atoms with E-state index in [0.29, 0.717) is 17.8 Å². The molecule has 25 heavy (non-hydrogen) atoms. The maximum absolute atomic E-state index is 12.8. The van der Waals surface area contributed by atoms with E-state index in [1.165, 1.54) is 17.0 Å². The van der Waals surface area contributed by atoms with E-state index in [9.17, 15) is 14.9 Å². The van der Waals surface area contributed by atoms with E-state index in [1.54, 1.807) is 6.07 Å². The monoisotopic (exact) mass is 337 g/mol. The maximum Gasteiger partial charge on any atom is 0.271 e. The summed E-state index contributed by atoms with van der Waals surface area (Å²) in [6.07, 6.45) is 1.45. The molecule has 0 spiro atoms. The van der Waals surface area contributed by atoms with Crippen LogP contribution in [0.4, 0.5) is 17.1 Å². The first kappa shape index (κ1) is 16.5. The van der Waals surface area contributed by atoms with Crippen molar-refractivity contribution >= 4 is 23.0 Å². The minimum atomic E-state index is -0.473. The standard InChI is InChI=1S/C17H15N5O3/c18-20-19-10-9-17(23)21-15-4-2-1-3-12(15)5-6-13-7-8-14(22(24)25)11-16(13)21/h1-4,7-8,11H,5-6,9-10H2. The number of carbonyl (C=O) groups is 1. The number of nitro groups is 1. The van der Waals surface area contributed by atoms with Gasteiger partial charge in [-0.3, -0.25) is 19.8 Å². The molecule has 0 fully saturated rings. The van der Waals surface area contributed by atoms with Crippen molar-refractivity contribution in [2.75, 3.05) is 11.4 Å². The first-order valence-electron chi connectivity index (χ1n) is 7.81. The van der Waals surface area contributed by atoms with Gasteiger partial charge in [-0.05, 0) is 35.6 Å². The molecule has 8 nitrogen and oxygen atoms in total. The second-order valence-corrected chi connectivity index (χ2v) is 5.63. The number of hydrogen-bond acceptors (Lipinski definition) is 4. The average Bonchev–Trinajstić information content (AvgIpc) is 2.78. The summed E-state index contributed by atoms with van der Waals surface area (Å²) in [6.45, 7) is 0.0399. The molecule has 1 amide bonds. The van der Waals surface area contributed by atoms with Gasteiger partial charge in [0, 0.05) is 30.0 Å². The number of fused-ring (bicyclic) bond motifs is 2. The Labute approximate surface area is 143 Å². The highest BCUT2D eigenvalue weighted by molar-refractivity contribution is 6.02. The van der Waals surface area contributed by atoms with Gasteiger partial charge in [-0.15, -0.1) is 0 Å². The van der Waals surface area contributed by atoms with Gasteiger partial charge in [0.25, 0.3) is 5.69 Å².